The molecule has 0 fully saturated rings. The second-order valence-corrected chi connectivity index (χ2v) is 4.77. The first-order valence-electron chi connectivity index (χ1n) is 5.80. The molecule has 0 unspecified atom stereocenters. The maximum atomic E-state index is 4.36. The fourth-order valence-electron chi connectivity index (χ4n) is 1.47. The number of nitrogens with zero attached hydrogens (tertiary/aromatic N) is 5. The highest BCUT2D eigenvalue weighted by Crippen LogP contribution is 2.19. The summed E-state index contributed by atoms with van der Waals surface area (Å²) in [6, 6.07) is 0. The van der Waals surface area contributed by atoms with Gasteiger partial charge in [-0.05, 0) is 7.05 Å². The SMILES string of the molecule is CCc1n[nH]c(CSc2nnc(CNC)n2C)n1. The minimum atomic E-state index is 0.715. The number of aromatic nitrogens is 6. The van der Waals surface area contributed by atoms with Gasteiger partial charge in [0.05, 0.1) is 12.3 Å². The molecule has 0 saturated heterocycles. The van der Waals surface area contributed by atoms with Crippen LogP contribution in [0.5, 0.6) is 0 Å². The van der Waals surface area contributed by atoms with Gasteiger partial charge in [-0.1, -0.05) is 18.7 Å². The molecule has 0 radical (unpaired) electrons. The van der Waals surface area contributed by atoms with E-state index in [1.165, 1.54) is 0 Å². The number of H-pyrrole nitrogens is 1. The minimum Gasteiger partial charge on any atom is -0.313 e. The smallest absolute Gasteiger partial charge is 0.191 e. The zero-order valence-corrected chi connectivity index (χ0v) is 11.6. The third kappa shape index (κ3) is 2.88. The quantitative estimate of drug-likeness (QED) is 0.742. The van der Waals surface area contributed by atoms with Crippen LogP contribution in [0.25, 0.3) is 0 Å². The van der Waals surface area contributed by atoms with E-state index < -0.39 is 0 Å². The van der Waals surface area contributed by atoms with Crippen LogP contribution in [-0.2, 0) is 25.8 Å². The van der Waals surface area contributed by atoms with Crippen LogP contribution in [-0.4, -0.2) is 37.0 Å². The molecule has 2 N–H and O–H groups in total. The predicted octanol–water partition coefficient (Wildman–Crippen LogP) is 0.507. The van der Waals surface area contributed by atoms with Gasteiger partial charge in [-0.25, -0.2) is 4.98 Å². The Morgan fingerprint density at radius 3 is 2.89 bits per heavy atom. The van der Waals surface area contributed by atoms with Crippen molar-refractivity contribution in [1.29, 1.82) is 0 Å². The number of hydrogen-bond donors (Lipinski definition) is 2. The lowest BCUT2D eigenvalue weighted by Crippen LogP contribution is -2.10. The molecule has 0 spiro atoms. The van der Waals surface area contributed by atoms with Gasteiger partial charge in [0, 0.05) is 13.5 Å². The van der Waals surface area contributed by atoms with Crippen LogP contribution in [0.4, 0.5) is 0 Å². The van der Waals surface area contributed by atoms with Crippen molar-refractivity contribution < 1.29 is 0 Å². The Morgan fingerprint density at radius 2 is 2.22 bits per heavy atom. The van der Waals surface area contributed by atoms with E-state index in [9.17, 15) is 0 Å². The number of hydrogen-bond acceptors (Lipinski definition) is 6. The van der Waals surface area contributed by atoms with Crippen LogP contribution in [0, 0.1) is 0 Å². The van der Waals surface area contributed by atoms with E-state index in [1.54, 1.807) is 11.8 Å². The summed E-state index contributed by atoms with van der Waals surface area (Å²) < 4.78 is 1.98. The highest BCUT2D eigenvalue weighted by atomic mass is 32.2. The van der Waals surface area contributed by atoms with Gasteiger partial charge in [-0.2, -0.15) is 5.10 Å². The first-order chi connectivity index (χ1) is 8.74. The van der Waals surface area contributed by atoms with Crippen LogP contribution >= 0.6 is 11.8 Å². The Morgan fingerprint density at radius 1 is 1.39 bits per heavy atom. The van der Waals surface area contributed by atoms with E-state index in [0.29, 0.717) is 6.54 Å². The maximum Gasteiger partial charge on any atom is 0.191 e. The van der Waals surface area contributed by atoms with Gasteiger partial charge in [0.1, 0.15) is 17.5 Å². The van der Waals surface area contributed by atoms with Crippen molar-refractivity contribution in [2.24, 2.45) is 7.05 Å². The fraction of sp³-hybridized carbons (Fsp3) is 0.600. The Kier molecular flexibility index (Phi) is 4.32. The second-order valence-electron chi connectivity index (χ2n) is 3.83. The number of thioether (sulfide) groups is 1. The fourth-order valence-corrected chi connectivity index (χ4v) is 2.27. The zero-order chi connectivity index (χ0) is 13.0. The van der Waals surface area contributed by atoms with E-state index in [2.05, 4.69) is 30.7 Å². The lowest BCUT2D eigenvalue weighted by Gasteiger charge is -2.01. The van der Waals surface area contributed by atoms with Crippen molar-refractivity contribution in [2.75, 3.05) is 7.05 Å². The second kappa shape index (κ2) is 5.96. The molecule has 0 aliphatic carbocycles. The highest BCUT2D eigenvalue weighted by molar-refractivity contribution is 7.98. The van der Waals surface area contributed by atoms with E-state index >= 15 is 0 Å². The van der Waals surface area contributed by atoms with Crippen molar-refractivity contribution in [2.45, 2.75) is 30.8 Å². The molecule has 0 bridgehead atoms. The lowest BCUT2D eigenvalue weighted by atomic mass is 10.5. The van der Waals surface area contributed by atoms with Crippen LogP contribution in [0.2, 0.25) is 0 Å². The van der Waals surface area contributed by atoms with Crippen LogP contribution in [0.15, 0.2) is 5.16 Å². The average Bonchev–Trinajstić information content (AvgIpc) is 2.96. The molecule has 0 saturated carbocycles. The molecule has 0 aliphatic rings. The number of nitrogens with one attached hydrogen (secondary N) is 2. The molecule has 2 rings (SSSR count). The van der Waals surface area contributed by atoms with Crippen molar-refractivity contribution in [3.05, 3.63) is 17.5 Å². The summed E-state index contributed by atoms with van der Waals surface area (Å²) in [6.45, 7) is 2.75. The Hall–Kier alpha value is -1.41. The van der Waals surface area contributed by atoms with Gasteiger partial charge in [-0.15, -0.1) is 10.2 Å². The normalized spacial score (nSPS) is 11.1. The molecular formula is C10H17N7S. The third-order valence-corrected chi connectivity index (χ3v) is 3.52. The summed E-state index contributed by atoms with van der Waals surface area (Å²) in [6.07, 6.45) is 0.845. The first kappa shape index (κ1) is 13.0. The summed E-state index contributed by atoms with van der Waals surface area (Å²) >= 11 is 1.60. The molecule has 2 aromatic heterocycles. The molecular weight excluding hydrogens is 250 g/mol. The van der Waals surface area contributed by atoms with Crippen molar-refractivity contribution in [3.8, 4) is 0 Å². The molecule has 18 heavy (non-hydrogen) atoms. The van der Waals surface area contributed by atoms with E-state index in [-0.39, 0.29) is 0 Å². The first-order valence-corrected chi connectivity index (χ1v) is 6.79. The lowest BCUT2D eigenvalue weighted by molar-refractivity contribution is 0.682. The Balaban J connectivity index is 1.97. The average molecular weight is 267 g/mol. The summed E-state index contributed by atoms with van der Waals surface area (Å²) in [5.41, 5.74) is 0. The molecule has 0 aliphatic heterocycles. The third-order valence-electron chi connectivity index (χ3n) is 2.49. The van der Waals surface area contributed by atoms with Gasteiger partial charge in [0.25, 0.3) is 0 Å². The van der Waals surface area contributed by atoms with Crippen molar-refractivity contribution >= 4 is 11.8 Å². The number of rotatable bonds is 6. The van der Waals surface area contributed by atoms with Gasteiger partial charge in [-0.3, -0.25) is 5.10 Å². The molecule has 0 aromatic carbocycles. The Bertz CT molecular complexity index is 504. The topological polar surface area (TPSA) is 84.3 Å². The Labute approximate surface area is 110 Å². The van der Waals surface area contributed by atoms with Crippen LogP contribution in [0.1, 0.15) is 24.4 Å². The van der Waals surface area contributed by atoms with E-state index in [4.69, 9.17) is 0 Å². The number of aromatic amines is 1. The monoisotopic (exact) mass is 267 g/mol. The molecule has 8 heteroatoms. The van der Waals surface area contributed by atoms with Gasteiger partial charge >= 0.3 is 0 Å². The van der Waals surface area contributed by atoms with E-state index in [0.717, 1.165) is 34.8 Å². The minimum absolute atomic E-state index is 0.715. The van der Waals surface area contributed by atoms with Gasteiger partial charge < -0.3 is 9.88 Å². The largest absolute Gasteiger partial charge is 0.313 e. The standard InChI is InChI=1S/C10H17N7S/c1-4-7-12-8(14-13-7)6-18-10-16-15-9(5-11-2)17(10)3/h11H,4-6H2,1-3H3,(H,12,13,14). The maximum absolute atomic E-state index is 4.36. The van der Waals surface area contributed by atoms with Crippen molar-refractivity contribution in [3.63, 3.8) is 0 Å². The summed E-state index contributed by atoms with van der Waals surface area (Å²) in [7, 11) is 3.86. The predicted molar refractivity (Wildman–Crippen MR) is 69.1 cm³/mol. The summed E-state index contributed by atoms with van der Waals surface area (Å²) in [4.78, 5) is 4.36. The van der Waals surface area contributed by atoms with Gasteiger partial charge in [0.2, 0.25) is 0 Å². The highest BCUT2D eigenvalue weighted by Gasteiger charge is 2.09. The summed E-state index contributed by atoms with van der Waals surface area (Å²) in [5, 5.41) is 19.2. The van der Waals surface area contributed by atoms with Crippen molar-refractivity contribution in [1.82, 2.24) is 35.3 Å². The molecule has 2 heterocycles. The molecule has 7 nitrogen and oxygen atoms in total. The molecule has 98 valence electrons. The molecule has 2 aromatic rings. The summed E-state index contributed by atoms with van der Waals surface area (Å²) in [5.74, 6) is 3.36. The van der Waals surface area contributed by atoms with Crippen LogP contribution in [0.3, 0.4) is 0 Å². The molecule has 0 atom stereocenters. The zero-order valence-electron chi connectivity index (χ0n) is 10.8. The number of aryl methyl sites for hydroxylation is 1. The van der Waals surface area contributed by atoms with E-state index in [1.807, 2.05) is 25.6 Å². The van der Waals surface area contributed by atoms with Gasteiger partial charge in [0.15, 0.2) is 5.16 Å². The molecule has 0 amide bonds. The van der Waals surface area contributed by atoms with Crippen LogP contribution < -0.4 is 5.32 Å².